The van der Waals surface area contributed by atoms with E-state index in [1.165, 1.54) is 12.2 Å². The van der Waals surface area contributed by atoms with Crippen LogP contribution >= 0.6 is 0 Å². The Labute approximate surface area is 120 Å². The van der Waals surface area contributed by atoms with E-state index < -0.39 is 0 Å². The van der Waals surface area contributed by atoms with Gasteiger partial charge in [0.1, 0.15) is 0 Å². The second-order valence-electron chi connectivity index (χ2n) is 1.58. The van der Waals surface area contributed by atoms with Gasteiger partial charge in [-0.15, -0.1) is 6.42 Å². The van der Waals surface area contributed by atoms with Crippen LogP contribution in [-0.2, 0) is 26.2 Å². The molecule has 0 saturated heterocycles. The number of rotatable bonds is 0. The molecule has 0 fully saturated rings. The van der Waals surface area contributed by atoms with Crippen LogP contribution in [0.3, 0.4) is 0 Å². The molecule has 0 bridgehead atoms. The molecule has 0 unspecified atom stereocenters. The summed E-state index contributed by atoms with van der Waals surface area (Å²) in [4.78, 5) is 0. The fourth-order valence-corrected chi connectivity index (χ4v) is 0.340. The van der Waals surface area contributed by atoms with Crippen molar-refractivity contribution in [2.45, 2.75) is 6.42 Å². The first-order valence-electron chi connectivity index (χ1n) is 3.35. The Kier molecular flexibility index (Phi) is 79.2. The van der Waals surface area contributed by atoms with E-state index in [-0.39, 0.29) is 51.0 Å². The first-order chi connectivity index (χ1) is 5.33. The van der Waals surface area contributed by atoms with Gasteiger partial charge in [0.15, 0.2) is 0 Å². The molecule has 3 heteroatoms. The minimum absolute atomic E-state index is 0. The van der Waals surface area contributed by atoms with Crippen molar-refractivity contribution in [3.05, 3.63) is 63.5 Å². The topological polar surface area (TPSA) is 0 Å². The maximum absolute atomic E-state index is 3.25. The summed E-state index contributed by atoms with van der Waals surface area (Å²) in [5, 5.41) is 0. The Balaban J connectivity index is -0.0000000276. The Hall–Kier alpha value is 0.163. The van der Waals surface area contributed by atoms with Crippen molar-refractivity contribution in [1.29, 1.82) is 0 Å². The minimum Gasteiger partial charge on any atom is -1.00 e. The molecule has 0 radical (unpaired) electrons. The summed E-state index contributed by atoms with van der Waals surface area (Å²) in [6.45, 7) is 13.0. The normalized spacial score (nSPS) is 8.00. The molecule has 0 heterocycles. The molecule has 0 aromatic heterocycles. The predicted molar refractivity (Wildman–Crippen MR) is 52.7 cm³/mol. The molecule has 14 heavy (non-hydrogen) atoms. The van der Waals surface area contributed by atoms with Gasteiger partial charge in [0.05, 0.1) is 0 Å². The first-order valence-corrected chi connectivity index (χ1v) is 3.35. The monoisotopic (exact) mass is 307 g/mol. The standard InChI is InChI=1S/C5H5.2C3H5.2ClH.Zr/c1-2-4-5-3-1;2*1-3-2;;;/h1-3H,4H2;2*3H,1-2H2;2*1H;/q3*-1;;;+2/p-2. The molecule has 0 aromatic carbocycles. The van der Waals surface area contributed by atoms with E-state index in [0.717, 1.165) is 6.42 Å². The van der Waals surface area contributed by atoms with E-state index in [1.54, 1.807) is 0 Å². The number of hydrogen-bond acceptors (Lipinski definition) is 0. The summed E-state index contributed by atoms with van der Waals surface area (Å²) in [5.74, 6) is 0. The summed E-state index contributed by atoms with van der Waals surface area (Å²) in [6, 6.07) is 0. The molecule has 0 saturated carbocycles. The summed E-state index contributed by atoms with van der Waals surface area (Å²) >= 11 is 0. The Bertz CT molecular complexity index is 124. The van der Waals surface area contributed by atoms with Crippen molar-refractivity contribution < 1.29 is 51.0 Å². The van der Waals surface area contributed by atoms with Crippen LogP contribution in [0, 0.1) is 19.9 Å². The number of halogens is 2. The largest absolute Gasteiger partial charge is 2.00 e. The van der Waals surface area contributed by atoms with Gasteiger partial charge in [-0.1, -0.05) is 0 Å². The van der Waals surface area contributed by atoms with Gasteiger partial charge in [-0.25, -0.2) is 51.3 Å². The van der Waals surface area contributed by atoms with Crippen LogP contribution in [0.25, 0.3) is 0 Å². The fraction of sp³-hybridized carbons (Fsp3) is 0.0909. The van der Waals surface area contributed by atoms with Gasteiger partial charge >= 0.3 is 26.2 Å². The van der Waals surface area contributed by atoms with Crippen molar-refractivity contribution in [2.24, 2.45) is 0 Å². The van der Waals surface area contributed by atoms with Gasteiger partial charge in [-0.3, -0.25) is 6.08 Å². The van der Waals surface area contributed by atoms with Crippen molar-refractivity contribution in [2.75, 3.05) is 0 Å². The molecule has 0 aliphatic heterocycles. The molecular weight excluding hydrogens is 294 g/mol. The minimum atomic E-state index is 0. The molecule has 1 rings (SSSR count). The molecule has 0 nitrogen and oxygen atoms in total. The summed E-state index contributed by atoms with van der Waals surface area (Å²) in [6.07, 6.45) is 13.0. The molecule has 0 N–H and O–H groups in total. The van der Waals surface area contributed by atoms with Crippen molar-refractivity contribution >= 4 is 0 Å². The fourth-order valence-electron chi connectivity index (χ4n) is 0.340. The third kappa shape index (κ3) is 56.9. The molecule has 0 aromatic rings. The molecule has 1 aliphatic rings. The van der Waals surface area contributed by atoms with Gasteiger partial charge in [-0.05, 0) is 0 Å². The number of hydrogen-bond donors (Lipinski definition) is 0. The van der Waals surface area contributed by atoms with Crippen LogP contribution in [0.4, 0.5) is 0 Å². The third-order valence-electron chi connectivity index (χ3n) is 0.586. The molecule has 0 spiro atoms. The van der Waals surface area contributed by atoms with E-state index in [2.05, 4.69) is 39.2 Å². The van der Waals surface area contributed by atoms with E-state index in [9.17, 15) is 0 Å². The van der Waals surface area contributed by atoms with Gasteiger partial charge in [-0.2, -0.15) is 6.08 Å². The Morgan fingerprint density at radius 2 is 1.50 bits per heavy atom. The average molecular weight is 309 g/mol. The molecule has 0 amide bonds. The summed E-state index contributed by atoms with van der Waals surface area (Å²) < 4.78 is 0. The van der Waals surface area contributed by atoms with Crippen molar-refractivity contribution in [3.63, 3.8) is 0 Å². The van der Waals surface area contributed by atoms with Crippen LogP contribution in [-0.4, -0.2) is 0 Å². The quantitative estimate of drug-likeness (QED) is 0.428. The third-order valence-corrected chi connectivity index (χ3v) is 0.586. The van der Waals surface area contributed by atoms with Crippen LogP contribution in [0.1, 0.15) is 6.42 Å². The molecule has 80 valence electrons. The SMILES string of the molecule is C=C[CH2-].C=C[CH2-].[C-]1=CC=CC1.[Cl-].[Cl-].[Zr+2]. The summed E-state index contributed by atoms with van der Waals surface area (Å²) in [5.41, 5.74) is 0. The molecule has 1 aliphatic carbocycles. The Morgan fingerprint density at radius 3 is 1.57 bits per heavy atom. The first kappa shape index (κ1) is 29.2. The smallest absolute Gasteiger partial charge is 1.00 e. The van der Waals surface area contributed by atoms with Gasteiger partial charge < -0.3 is 24.8 Å². The zero-order valence-corrected chi connectivity index (χ0v) is 12.1. The van der Waals surface area contributed by atoms with E-state index in [0.29, 0.717) is 0 Å². The number of allylic oxidation sites excluding steroid dienone is 6. The Morgan fingerprint density at radius 1 is 1.14 bits per heavy atom. The van der Waals surface area contributed by atoms with Gasteiger partial charge in [0.2, 0.25) is 0 Å². The van der Waals surface area contributed by atoms with Gasteiger partial charge in [0, 0.05) is 0 Å². The average Bonchev–Trinajstić information content (AvgIpc) is 2.44. The maximum Gasteiger partial charge on any atom is 2.00 e. The molecule has 0 atom stereocenters. The summed E-state index contributed by atoms with van der Waals surface area (Å²) in [7, 11) is 0. The van der Waals surface area contributed by atoms with E-state index in [4.69, 9.17) is 0 Å². The zero-order valence-electron chi connectivity index (χ0n) is 8.18. The van der Waals surface area contributed by atoms with Crippen LogP contribution in [0.2, 0.25) is 0 Å². The second kappa shape index (κ2) is 38.0. The van der Waals surface area contributed by atoms with Crippen LogP contribution in [0.15, 0.2) is 43.5 Å². The van der Waals surface area contributed by atoms with Gasteiger partial charge in [0.25, 0.3) is 0 Å². The van der Waals surface area contributed by atoms with Crippen molar-refractivity contribution in [1.82, 2.24) is 0 Å². The van der Waals surface area contributed by atoms with Crippen LogP contribution < -0.4 is 24.8 Å². The van der Waals surface area contributed by atoms with E-state index in [1.807, 2.05) is 12.2 Å². The van der Waals surface area contributed by atoms with E-state index >= 15 is 0 Å². The van der Waals surface area contributed by atoms with Crippen molar-refractivity contribution in [3.8, 4) is 0 Å². The zero-order chi connectivity index (χ0) is 8.95. The predicted octanol–water partition coefficient (Wildman–Crippen LogP) is -2.68. The maximum atomic E-state index is 3.25. The molecular formula is C11H15Cl2Zr-3. The second-order valence-corrected chi connectivity index (χ2v) is 1.58. The van der Waals surface area contributed by atoms with Crippen LogP contribution in [0.5, 0.6) is 0 Å².